The predicted octanol–water partition coefficient (Wildman–Crippen LogP) is 0.711. The van der Waals surface area contributed by atoms with Crippen LogP contribution in [-0.2, 0) is 14.6 Å². The Morgan fingerprint density at radius 1 is 1.36 bits per heavy atom. The summed E-state index contributed by atoms with van der Waals surface area (Å²) >= 11 is 0. The lowest BCUT2D eigenvalue weighted by Crippen LogP contribution is -2.45. The third-order valence-corrected chi connectivity index (χ3v) is 3.59. The summed E-state index contributed by atoms with van der Waals surface area (Å²) in [5, 5.41) is -0.838. The van der Waals surface area contributed by atoms with Crippen LogP contribution in [0.15, 0.2) is 0 Å². The Hall–Kier alpha value is -0.780. The van der Waals surface area contributed by atoms with Crippen LogP contribution in [0, 0.1) is 5.92 Å². The van der Waals surface area contributed by atoms with Gasteiger partial charge < -0.3 is 4.74 Å². The lowest BCUT2D eigenvalue weighted by molar-refractivity contribution is 0.122. The van der Waals surface area contributed by atoms with Crippen LogP contribution >= 0.6 is 0 Å². The topological polar surface area (TPSA) is 63.7 Å². The van der Waals surface area contributed by atoms with E-state index in [1.807, 2.05) is 0 Å². The Bertz CT molecular complexity index is 296. The molecule has 14 heavy (non-hydrogen) atoms. The Kier molecular flexibility index (Phi) is 4.38. The molecule has 0 bridgehead atoms. The van der Waals surface area contributed by atoms with E-state index in [0.29, 0.717) is 0 Å². The van der Waals surface area contributed by atoms with E-state index in [2.05, 4.69) is 4.74 Å². The minimum absolute atomic E-state index is 0.172. The highest BCUT2D eigenvalue weighted by Gasteiger charge is 2.32. The summed E-state index contributed by atoms with van der Waals surface area (Å²) in [5.41, 5.74) is 0. The minimum Gasteiger partial charge on any atom is -0.453 e. The summed E-state index contributed by atoms with van der Waals surface area (Å²) in [7, 11) is -0.658. The molecule has 0 N–H and O–H groups in total. The highest BCUT2D eigenvalue weighted by molar-refractivity contribution is 7.91. The lowest BCUT2D eigenvalue weighted by atomic mass is 10.2. The van der Waals surface area contributed by atoms with Crippen molar-refractivity contribution < 1.29 is 17.9 Å². The van der Waals surface area contributed by atoms with Gasteiger partial charge in [-0.3, -0.25) is 4.90 Å². The summed E-state index contributed by atoms with van der Waals surface area (Å²) in [6, 6.07) is 0. The third-order valence-electron chi connectivity index (χ3n) is 1.85. The molecule has 0 aliphatic heterocycles. The first-order valence-electron chi connectivity index (χ1n) is 4.21. The highest BCUT2D eigenvalue weighted by atomic mass is 32.2. The number of hydrogen-bond donors (Lipinski definition) is 0. The van der Waals surface area contributed by atoms with Gasteiger partial charge in [-0.05, 0) is 5.92 Å². The molecule has 0 radical (unpaired) electrons. The van der Waals surface area contributed by atoms with Gasteiger partial charge in [-0.2, -0.15) is 0 Å². The summed E-state index contributed by atoms with van der Waals surface area (Å²) < 4.78 is 27.2. The largest absolute Gasteiger partial charge is 0.453 e. The quantitative estimate of drug-likeness (QED) is 0.707. The first kappa shape index (κ1) is 13.2. The van der Waals surface area contributed by atoms with Crippen LogP contribution in [0.1, 0.15) is 13.8 Å². The van der Waals surface area contributed by atoms with Gasteiger partial charge in [0.1, 0.15) is 5.37 Å². The van der Waals surface area contributed by atoms with E-state index in [9.17, 15) is 13.2 Å². The van der Waals surface area contributed by atoms with Gasteiger partial charge in [-0.1, -0.05) is 13.8 Å². The molecule has 0 aromatic heterocycles. The van der Waals surface area contributed by atoms with Gasteiger partial charge in [0.2, 0.25) is 0 Å². The molecule has 0 aliphatic carbocycles. The number of ether oxygens (including phenoxy) is 1. The highest BCUT2D eigenvalue weighted by Crippen LogP contribution is 2.15. The van der Waals surface area contributed by atoms with Gasteiger partial charge in [-0.25, -0.2) is 13.2 Å². The number of nitrogens with zero attached hydrogens (tertiary/aromatic N) is 1. The summed E-state index contributed by atoms with van der Waals surface area (Å²) in [4.78, 5) is 12.2. The van der Waals surface area contributed by atoms with Crippen molar-refractivity contribution >= 4 is 15.9 Å². The maximum Gasteiger partial charge on any atom is 0.410 e. The molecule has 0 aromatic carbocycles. The van der Waals surface area contributed by atoms with Gasteiger partial charge in [0.05, 0.1) is 7.11 Å². The molecule has 1 atom stereocenters. The molecule has 1 unspecified atom stereocenters. The van der Waals surface area contributed by atoms with Gasteiger partial charge >= 0.3 is 6.09 Å². The van der Waals surface area contributed by atoms with Crippen molar-refractivity contribution in [1.82, 2.24) is 4.90 Å². The molecule has 0 saturated heterocycles. The van der Waals surface area contributed by atoms with Crippen LogP contribution in [0.25, 0.3) is 0 Å². The zero-order valence-corrected chi connectivity index (χ0v) is 9.96. The molecule has 0 heterocycles. The number of carbonyl (C=O) groups excluding carboxylic acids is 1. The smallest absolute Gasteiger partial charge is 0.410 e. The molecule has 0 aliphatic rings. The number of rotatable bonds is 3. The Balaban J connectivity index is 4.95. The first-order chi connectivity index (χ1) is 6.21. The predicted molar refractivity (Wildman–Crippen MR) is 53.6 cm³/mol. The first-order valence-corrected chi connectivity index (χ1v) is 6.17. The minimum atomic E-state index is -3.29. The standard InChI is InChI=1S/C8H17NO4S/c1-6(2)7(14(5,11)12)9(3)8(10)13-4/h6-7H,1-5H3. The van der Waals surface area contributed by atoms with E-state index < -0.39 is 21.3 Å². The third kappa shape index (κ3) is 3.17. The van der Waals surface area contributed by atoms with Crippen LogP contribution in [0.3, 0.4) is 0 Å². The summed E-state index contributed by atoms with van der Waals surface area (Å²) in [5.74, 6) is -0.172. The molecule has 0 rings (SSSR count). The normalized spacial score (nSPS) is 13.9. The zero-order chi connectivity index (χ0) is 11.5. The van der Waals surface area contributed by atoms with Crippen LogP contribution in [0.4, 0.5) is 4.79 Å². The SMILES string of the molecule is COC(=O)N(C)C(C(C)C)S(C)(=O)=O. The average molecular weight is 223 g/mol. The molecule has 0 fully saturated rings. The number of sulfone groups is 1. The fourth-order valence-electron chi connectivity index (χ4n) is 1.48. The maximum atomic E-state index is 11.4. The fraction of sp³-hybridized carbons (Fsp3) is 0.875. The monoisotopic (exact) mass is 223 g/mol. The number of amides is 1. The van der Waals surface area contributed by atoms with Crippen molar-refractivity contribution in [2.45, 2.75) is 19.2 Å². The Morgan fingerprint density at radius 3 is 2.00 bits per heavy atom. The Morgan fingerprint density at radius 2 is 1.79 bits per heavy atom. The zero-order valence-electron chi connectivity index (χ0n) is 9.14. The van der Waals surface area contributed by atoms with E-state index in [1.165, 1.54) is 14.2 Å². The summed E-state index contributed by atoms with van der Waals surface area (Å²) in [6.45, 7) is 3.48. The lowest BCUT2D eigenvalue weighted by Gasteiger charge is -2.28. The Labute approximate surface area is 85.0 Å². The van der Waals surface area contributed by atoms with E-state index >= 15 is 0 Å². The molecular weight excluding hydrogens is 206 g/mol. The van der Waals surface area contributed by atoms with Crippen molar-refractivity contribution in [2.24, 2.45) is 5.92 Å². The van der Waals surface area contributed by atoms with Crippen molar-refractivity contribution in [3.05, 3.63) is 0 Å². The van der Waals surface area contributed by atoms with Crippen LogP contribution in [-0.4, -0.2) is 45.2 Å². The molecule has 0 saturated carbocycles. The van der Waals surface area contributed by atoms with Gasteiger partial charge in [-0.15, -0.1) is 0 Å². The van der Waals surface area contributed by atoms with Crippen molar-refractivity contribution in [3.8, 4) is 0 Å². The number of carbonyl (C=O) groups is 1. The van der Waals surface area contributed by atoms with Crippen LogP contribution < -0.4 is 0 Å². The second-order valence-electron chi connectivity index (χ2n) is 3.55. The van der Waals surface area contributed by atoms with E-state index in [-0.39, 0.29) is 5.92 Å². The molecule has 0 spiro atoms. The molecule has 1 amide bonds. The van der Waals surface area contributed by atoms with Crippen molar-refractivity contribution in [2.75, 3.05) is 20.4 Å². The van der Waals surface area contributed by atoms with Crippen molar-refractivity contribution in [3.63, 3.8) is 0 Å². The van der Waals surface area contributed by atoms with Gasteiger partial charge in [0.15, 0.2) is 9.84 Å². The van der Waals surface area contributed by atoms with Gasteiger partial charge in [0, 0.05) is 13.3 Å². The van der Waals surface area contributed by atoms with Crippen LogP contribution in [0.2, 0.25) is 0 Å². The molecule has 0 aromatic rings. The molecule has 5 nitrogen and oxygen atoms in total. The summed E-state index contributed by atoms with van der Waals surface area (Å²) in [6.07, 6.45) is 0.464. The number of methoxy groups -OCH3 is 1. The number of hydrogen-bond acceptors (Lipinski definition) is 4. The van der Waals surface area contributed by atoms with Crippen molar-refractivity contribution in [1.29, 1.82) is 0 Å². The second-order valence-corrected chi connectivity index (χ2v) is 5.69. The molecule has 84 valence electrons. The average Bonchev–Trinajstić information content (AvgIpc) is 1.99. The van der Waals surface area contributed by atoms with E-state index in [0.717, 1.165) is 11.2 Å². The van der Waals surface area contributed by atoms with E-state index in [4.69, 9.17) is 0 Å². The van der Waals surface area contributed by atoms with Crippen LogP contribution in [0.5, 0.6) is 0 Å². The van der Waals surface area contributed by atoms with E-state index in [1.54, 1.807) is 13.8 Å². The maximum absolute atomic E-state index is 11.4. The van der Waals surface area contributed by atoms with Gasteiger partial charge in [0.25, 0.3) is 0 Å². The fourth-order valence-corrected chi connectivity index (χ4v) is 3.13. The second kappa shape index (κ2) is 4.63. The molecule has 6 heteroatoms. The molecular formula is C8H17NO4S.